The lowest BCUT2D eigenvalue weighted by Crippen LogP contribution is -2.21. The number of phenols is 2. The maximum atomic E-state index is 10.2. The molecule has 0 aliphatic heterocycles. The van der Waals surface area contributed by atoms with Crippen molar-refractivity contribution in [2.24, 2.45) is 0 Å². The fourth-order valence-corrected chi connectivity index (χ4v) is 3.63. The number of likely N-dealkylation sites (N-methyl/N-ethyl adjacent to an activating group) is 1. The number of aromatic nitrogens is 1. The summed E-state index contributed by atoms with van der Waals surface area (Å²) in [5.41, 5.74) is 5.76. The highest BCUT2D eigenvalue weighted by Crippen LogP contribution is 2.38. The third-order valence-electron chi connectivity index (χ3n) is 5.19. The summed E-state index contributed by atoms with van der Waals surface area (Å²) < 4.78 is 0. The lowest BCUT2D eigenvalue weighted by atomic mass is 9.97. The molecule has 150 valence electrons. The molecule has 0 atom stereocenters. The molecule has 0 spiro atoms. The lowest BCUT2D eigenvalue weighted by molar-refractivity contribution is 0.475. The third kappa shape index (κ3) is 4.28. The van der Waals surface area contributed by atoms with E-state index < -0.39 is 0 Å². The maximum Gasteiger partial charge on any atom is 0.117 e. The monoisotopic (exact) mass is 396 g/mol. The van der Waals surface area contributed by atoms with E-state index in [1.54, 1.807) is 30.5 Å². The van der Waals surface area contributed by atoms with Crippen molar-refractivity contribution in [3.8, 4) is 33.9 Å². The van der Waals surface area contributed by atoms with Gasteiger partial charge in [0.2, 0.25) is 0 Å². The van der Waals surface area contributed by atoms with E-state index in [0.29, 0.717) is 0 Å². The van der Waals surface area contributed by atoms with Crippen LogP contribution < -0.4 is 4.90 Å². The Morgan fingerprint density at radius 3 is 2.37 bits per heavy atom. The van der Waals surface area contributed by atoms with Crippen LogP contribution in [0.3, 0.4) is 0 Å². The Labute approximate surface area is 176 Å². The number of hydrogen-bond donors (Lipinski definition) is 2. The first-order valence-corrected chi connectivity index (χ1v) is 9.95. The summed E-state index contributed by atoms with van der Waals surface area (Å²) in [6.45, 7) is 0.808. The van der Waals surface area contributed by atoms with Crippen LogP contribution >= 0.6 is 0 Å². The molecule has 0 saturated heterocycles. The van der Waals surface area contributed by atoms with E-state index in [9.17, 15) is 10.2 Å². The molecule has 0 unspecified atom stereocenters. The van der Waals surface area contributed by atoms with Gasteiger partial charge in [0.1, 0.15) is 11.5 Å². The van der Waals surface area contributed by atoms with Gasteiger partial charge in [-0.2, -0.15) is 0 Å². The molecule has 0 bridgehead atoms. The summed E-state index contributed by atoms with van der Waals surface area (Å²) in [6, 6.07) is 26.8. The first-order valence-electron chi connectivity index (χ1n) is 9.95. The van der Waals surface area contributed by atoms with Gasteiger partial charge in [-0.15, -0.1) is 0 Å². The molecule has 2 N–H and O–H groups in total. The van der Waals surface area contributed by atoms with Gasteiger partial charge in [0, 0.05) is 48.2 Å². The number of anilines is 1. The molecule has 1 aromatic heterocycles. The van der Waals surface area contributed by atoms with Crippen molar-refractivity contribution in [3.05, 3.63) is 96.7 Å². The molecular weight excluding hydrogens is 372 g/mol. The topological polar surface area (TPSA) is 56.6 Å². The van der Waals surface area contributed by atoms with Crippen LogP contribution in [-0.2, 0) is 6.42 Å². The summed E-state index contributed by atoms with van der Waals surface area (Å²) in [5.74, 6) is 0.429. The summed E-state index contributed by atoms with van der Waals surface area (Å²) in [7, 11) is 2.03. The molecule has 0 aliphatic rings. The van der Waals surface area contributed by atoms with Gasteiger partial charge in [-0.3, -0.25) is 4.98 Å². The molecule has 3 aromatic carbocycles. The van der Waals surface area contributed by atoms with Gasteiger partial charge in [-0.25, -0.2) is 0 Å². The number of phenolic OH excluding ortho intramolecular Hbond substituents is 2. The average Bonchev–Trinajstić information content (AvgIpc) is 2.78. The van der Waals surface area contributed by atoms with Crippen molar-refractivity contribution in [1.82, 2.24) is 4.98 Å². The second-order valence-electron chi connectivity index (χ2n) is 7.31. The molecule has 4 rings (SSSR count). The standard InChI is InChI=1S/C26H24N2O2/c1-28(16-14-19-7-3-2-4-8-19)25-18-22(30)12-13-23(25)24-11-6-15-27-26(24)20-9-5-10-21(29)17-20/h2-13,15,17-18,29-30H,14,16H2,1H3. The second kappa shape index (κ2) is 8.70. The van der Waals surface area contributed by atoms with Crippen LogP contribution in [0, 0.1) is 0 Å². The number of pyridine rings is 1. The predicted molar refractivity (Wildman–Crippen MR) is 122 cm³/mol. The van der Waals surface area contributed by atoms with E-state index >= 15 is 0 Å². The molecule has 0 amide bonds. The highest BCUT2D eigenvalue weighted by Gasteiger charge is 2.16. The summed E-state index contributed by atoms with van der Waals surface area (Å²) in [6.07, 6.45) is 2.65. The van der Waals surface area contributed by atoms with Crippen LogP contribution in [0.1, 0.15) is 5.56 Å². The summed E-state index contributed by atoms with van der Waals surface area (Å²) >= 11 is 0. The zero-order valence-corrected chi connectivity index (χ0v) is 16.9. The van der Waals surface area contributed by atoms with E-state index in [0.717, 1.165) is 41.0 Å². The van der Waals surface area contributed by atoms with E-state index in [4.69, 9.17) is 0 Å². The number of aromatic hydroxyl groups is 2. The molecule has 4 aromatic rings. The van der Waals surface area contributed by atoms with Crippen molar-refractivity contribution in [1.29, 1.82) is 0 Å². The van der Waals surface area contributed by atoms with E-state index in [2.05, 4.69) is 22.0 Å². The number of rotatable bonds is 6. The van der Waals surface area contributed by atoms with Gasteiger partial charge < -0.3 is 15.1 Å². The van der Waals surface area contributed by atoms with Gasteiger partial charge in [-0.1, -0.05) is 48.5 Å². The van der Waals surface area contributed by atoms with Gasteiger partial charge in [0.05, 0.1) is 5.69 Å². The molecule has 1 heterocycles. The molecule has 0 aliphatic carbocycles. The minimum atomic E-state index is 0.204. The van der Waals surface area contributed by atoms with Crippen LogP contribution in [0.25, 0.3) is 22.4 Å². The molecule has 0 radical (unpaired) electrons. The largest absolute Gasteiger partial charge is 0.508 e. The number of hydrogen-bond acceptors (Lipinski definition) is 4. The predicted octanol–water partition coefficient (Wildman–Crippen LogP) is 5.51. The Balaban J connectivity index is 1.72. The van der Waals surface area contributed by atoms with Crippen molar-refractivity contribution in [2.75, 3.05) is 18.5 Å². The zero-order valence-electron chi connectivity index (χ0n) is 16.9. The molecule has 30 heavy (non-hydrogen) atoms. The van der Waals surface area contributed by atoms with Crippen LogP contribution in [0.4, 0.5) is 5.69 Å². The van der Waals surface area contributed by atoms with Crippen LogP contribution in [0.15, 0.2) is 91.1 Å². The molecule has 4 nitrogen and oxygen atoms in total. The Kier molecular flexibility index (Phi) is 5.66. The van der Waals surface area contributed by atoms with E-state index in [1.807, 2.05) is 55.6 Å². The molecule has 0 fully saturated rings. The van der Waals surface area contributed by atoms with Crippen LogP contribution in [0.2, 0.25) is 0 Å². The first-order chi connectivity index (χ1) is 14.6. The Bertz CT molecular complexity index is 1140. The Hall–Kier alpha value is -3.79. The number of nitrogens with zero attached hydrogens (tertiary/aromatic N) is 2. The molecule has 0 saturated carbocycles. The normalized spacial score (nSPS) is 10.7. The van der Waals surface area contributed by atoms with Gasteiger partial charge in [0.15, 0.2) is 0 Å². The van der Waals surface area contributed by atoms with E-state index in [1.165, 1.54) is 5.56 Å². The van der Waals surface area contributed by atoms with Crippen LogP contribution in [0.5, 0.6) is 11.5 Å². The lowest BCUT2D eigenvalue weighted by Gasteiger charge is -2.24. The number of benzene rings is 3. The minimum Gasteiger partial charge on any atom is -0.508 e. The van der Waals surface area contributed by atoms with Crippen molar-refractivity contribution >= 4 is 5.69 Å². The second-order valence-corrected chi connectivity index (χ2v) is 7.31. The minimum absolute atomic E-state index is 0.204. The smallest absolute Gasteiger partial charge is 0.117 e. The third-order valence-corrected chi connectivity index (χ3v) is 5.19. The Morgan fingerprint density at radius 1 is 0.767 bits per heavy atom. The Morgan fingerprint density at radius 2 is 1.57 bits per heavy atom. The van der Waals surface area contributed by atoms with E-state index in [-0.39, 0.29) is 11.5 Å². The van der Waals surface area contributed by atoms with Gasteiger partial charge >= 0.3 is 0 Å². The quantitative estimate of drug-likeness (QED) is 0.451. The SMILES string of the molecule is CN(CCc1ccccc1)c1cc(O)ccc1-c1cccnc1-c1cccc(O)c1. The van der Waals surface area contributed by atoms with Gasteiger partial charge in [0.25, 0.3) is 0 Å². The highest BCUT2D eigenvalue weighted by atomic mass is 16.3. The average molecular weight is 396 g/mol. The maximum absolute atomic E-state index is 10.2. The summed E-state index contributed by atoms with van der Waals surface area (Å²) in [4.78, 5) is 6.74. The summed E-state index contributed by atoms with van der Waals surface area (Å²) in [5, 5.41) is 20.1. The fourth-order valence-electron chi connectivity index (χ4n) is 3.63. The van der Waals surface area contributed by atoms with Crippen molar-refractivity contribution in [2.45, 2.75) is 6.42 Å². The molecular formula is C26H24N2O2. The van der Waals surface area contributed by atoms with Crippen molar-refractivity contribution in [3.63, 3.8) is 0 Å². The fraction of sp³-hybridized carbons (Fsp3) is 0.115. The van der Waals surface area contributed by atoms with Gasteiger partial charge in [-0.05, 0) is 42.3 Å². The zero-order chi connectivity index (χ0) is 20.9. The van der Waals surface area contributed by atoms with Crippen molar-refractivity contribution < 1.29 is 10.2 Å². The first kappa shape index (κ1) is 19.5. The van der Waals surface area contributed by atoms with Crippen LogP contribution in [-0.4, -0.2) is 28.8 Å². The highest BCUT2D eigenvalue weighted by molar-refractivity contribution is 5.88. The molecule has 4 heteroatoms.